The molecule has 0 spiro atoms. The average molecular weight is 505 g/mol. The summed E-state index contributed by atoms with van der Waals surface area (Å²) in [6.45, 7) is 2.08. The third-order valence-electron chi connectivity index (χ3n) is 4.59. The fourth-order valence-electron chi connectivity index (χ4n) is 3.02. The van der Waals surface area contributed by atoms with Crippen LogP contribution in [0, 0.1) is 0 Å². The number of phenols is 1. The third kappa shape index (κ3) is 6.84. The van der Waals surface area contributed by atoms with Gasteiger partial charge in [0, 0.05) is 22.1 Å². The van der Waals surface area contributed by atoms with E-state index in [0.29, 0.717) is 17.7 Å². The first-order valence-corrected chi connectivity index (χ1v) is 10.4. The normalized spacial score (nSPS) is 11.2. The monoisotopic (exact) mass is 503 g/mol. The molecule has 1 unspecified atom stereocenters. The lowest BCUT2D eigenvalue weighted by Crippen LogP contribution is -2.16. The van der Waals surface area contributed by atoms with Crippen LogP contribution >= 0.6 is 28.3 Å². The van der Waals surface area contributed by atoms with E-state index < -0.39 is 0 Å². The molecule has 0 aromatic heterocycles. The van der Waals surface area contributed by atoms with Crippen molar-refractivity contribution in [3.63, 3.8) is 0 Å². The minimum atomic E-state index is -0.371. The second-order valence-corrected chi connectivity index (χ2v) is 7.64. The minimum Gasteiger partial charge on any atom is -0.508 e. The average Bonchev–Trinajstić information content (AvgIpc) is 2.75. The second-order valence-electron chi connectivity index (χ2n) is 6.72. The van der Waals surface area contributed by atoms with Crippen molar-refractivity contribution in [2.45, 2.75) is 19.4 Å². The van der Waals surface area contributed by atoms with Crippen LogP contribution in [0.1, 0.15) is 45.7 Å². The van der Waals surface area contributed by atoms with Crippen LogP contribution in [-0.2, 0) is 4.74 Å². The Hall–Kier alpha value is -2.83. The van der Waals surface area contributed by atoms with E-state index in [1.807, 2.05) is 12.1 Å². The summed E-state index contributed by atoms with van der Waals surface area (Å²) in [6.07, 6.45) is 0.228. The van der Waals surface area contributed by atoms with E-state index in [9.17, 15) is 14.7 Å². The molecule has 0 heterocycles. The van der Waals surface area contributed by atoms with Gasteiger partial charge < -0.3 is 15.2 Å². The van der Waals surface area contributed by atoms with Crippen LogP contribution in [0.2, 0.25) is 0 Å². The highest BCUT2D eigenvalue weighted by Crippen LogP contribution is 2.26. The summed E-state index contributed by atoms with van der Waals surface area (Å²) in [5, 5.41) is 13.0. The van der Waals surface area contributed by atoms with Crippen molar-refractivity contribution < 1.29 is 19.4 Å². The number of hydrogen-bond acceptors (Lipinski definition) is 5. The predicted octanol–water partition coefficient (Wildman–Crippen LogP) is 6.18. The van der Waals surface area contributed by atoms with E-state index in [0.717, 1.165) is 15.7 Å². The first kappa shape index (κ1) is 24.4. The maximum atomic E-state index is 12.8. The van der Waals surface area contributed by atoms with E-state index in [1.54, 1.807) is 67.6 Å². The van der Waals surface area contributed by atoms with Gasteiger partial charge in [-0.3, -0.25) is 4.79 Å². The van der Waals surface area contributed by atoms with Crippen LogP contribution in [0.25, 0.3) is 0 Å². The topological polar surface area (TPSA) is 75.6 Å². The fourth-order valence-corrected chi connectivity index (χ4v) is 3.28. The molecule has 162 valence electrons. The number of aromatic hydroxyl groups is 1. The van der Waals surface area contributed by atoms with E-state index in [-0.39, 0.29) is 42.4 Å². The molecular formula is C24H23BrClNO4. The molecule has 0 aliphatic carbocycles. The first-order chi connectivity index (χ1) is 14.5. The van der Waals surface area contributed by atoms with Gasteiger partial charge >= 0.3 is 5.97 Å². The van der Waals surface area contributed by atoms with Crippen molar-refractivity contribution >= 4 is 45.8 Å². The number of phenolic OH excluding ortho intramolecular Hbond substituents is 1. The Morgan fingerprint density at radius 3 is 2.10 bits per heavy atom. The number of benzene rings is 3. The van der Waals surface area contributed by atoms with Crippen molar-refractivity contribution in [2.24, 2.45) is 0 Å². The zero-order chi connectivity index (χ0) is 21.5. The van der Waals surface area contributed by atoms with Crippen molar-refractivity contribution in [3.8, 4) is 5.75 Å². The maximum Gasteiger partial charge on any atom is 0.338 e. The van der Waals surface area contributed by atoms with Gasteiger partial charge in [-0.15, -0.1) is 12.4 Å². The molecule has 0 fully saturated rings. The van der Waals surface area contributed by atoms with E-state index >= 15 is 0 Å². The summed E-state index contributed by atoms with van der Waals surface area (Å²) < 4.78 is 5.92. The van der Waals surface area contributed by atoms with Gasteiger partial charge in [0.2, 0.25) is 0 Å². The Balaban J connectivity index is 0.00000341. The molecular weight excluding hydrogens is 482 g/mol. The molecule has 0 saturated carbocycles. The van der Waals surface area contributed by atoms with Gasteiger partial charge in [0.05, 0.1) is 18.2 Å². The molecule has 3 aromatic rings. The quantitative estimate of drug-likeness (QED) is 0.283. The minimum absolute atomic E-state index is 0. The molecule has 7 heteroatoms. The third-order valence-corrected chi connectivity index (χ3v) is 5.12. The van der Waals surface area contributed by atoms with E-state index in [4.69, 9.17) is 4.74 Å². The largest absolute Gasteiger partial charge is 0.508 e. The number of carbonyl (C=O) groups excluding carboxylic acids is 2. The number of ketones is 1. The van der Waals surface area contributed by atoms with Gasteiger partial charge in [-0.2, -0.15) is 0 Å². The summed E-state index contributed by atoms with van der Waals surface area (Å²) in [5.41, 5.74) is 2.73. The predicted molar refractivity (Wildman–Crippen MR) is 127 cm³/mol. The fraction of sp³-hybridized carbons (Fsp3) is 0.167. The van der Waals surface area contributed by atoms with Crippen LogP contribution in [-0.4, -0.2) is 23.5 Å². The first-order valence-electron chi connectivity index (χ1n) is 9.57. The molecule has 3 aromatic carbocycles. The van der Waals surface area contributed by atoms with Crippen molar-refractivity contribution in [1.82, 2.24) is 0 Å². The smallest absolute Gasteiger partial charge is 0.338 e. The molecule has 0 amide bonds. The van der Waals surface area contributed by atoms with Gasteiger partial charge in [0.15, 0.2) is 5.78 Å². The number of rotatable bonds is 8. The molecule has 0 radical (unpaired) electrons. The Bertz CT molecular complexity index is 1010. The van der Waals surface area contributed by atoms with Crippen LogP contribution in [0.15, 0.2) is 77.3 Å². The Labute approximate surface area is 196 Å². The SMILES string of the molecule is CCOC(=O)c1ccc(NC(CC(=O)c2ccc(Br)cc2)c2ccc(O)cc2)cc1.Cl. The van der Waals surface area contributed by atoms with Crippen LogP contribution in [0.4, 0.5) is 5.69 Å². The number of nitrogens with one attached hydrogen (secondary N) is 1. The lowest BCUT2D eigenvalue weighted by molar-refractivity contribution is 0.0526. The van der Waals surface area contributed by atoms with Crippen LogP contribution in [0.5, 0.6) is 5.75 Å². The van der Waals surface area contributed by atoms with Gasteiger partial charge in [-0.1, -0.05) is 40.2 Å². The molecule has 0 bridgehead atoms. The lowest BCUT2D eigenvalue weighted by atomic mass is 9.97. The molecule has 0 aliphatic heterocycles. The number of esters is 1. The highest BCUT2D eigenvalue weighted by atomic mass is 79.9. The van der Waals surface area contributed by atoms with Crippen LogP contribution < -0.4 is 5.32 Å². The number of halogens is 2. The van der Waals surface area contributed by atoms with Crippen molar-refractivity contribution in [2.75, 3.05) is 11.9 Å². The lowest BCUT2D eigenvalue weighted by Gasteiger charge is -2.20. The number of Topliss-reactive ketones (excluding diaryl/α,β-unsaturated/α-hetero) is 1. The number of hydrogen-bond donors (Lipinski definition) is 2. The number of carbonyl (C=O) groups is 2. The van der Waals surface area contributed by atoms with Crippen molar-refractivity contribution in [1.29, 1.82) is 0 Å². The molecule has 2 N–H and O–H groups in total. The maximum absolute atomic E-state index is 12.8. The summed E-state index contributed by atoms with van der Waals surface area (Å²) in [6, 6.07) is 20.6. The van der Waals surface area contributed by atoms with Gasteiger partial charge in [0.1, 0.15) is 5.75 Å². The highest BCUT2D eigenvalue weighted by Gasteiger charge is 2.18. The summed E-state index contributed by atoms with van der Waals surface area (Å²) in [7, 11) is 0. The van der Waals surface area contributed by atoms with Gasteiger partial charge in [0.25, 0.3) is 0 Å². The van der Waals surface area contributed by atoms with Crippen molar-refractivity contribution in [3.05, 3.63) is 94.0 Å². The molecule has 0 aliphatic rings. The molecule has 5 nitrogen and oxygen atoms in total. The second kappa shape index (κ2) is 11.5. The number of anilines is 1. The van der Waals surface area contributed by atoms with Gasteiger partial charge in [-0.05, 0) is 61.0 Å². The van der Waals surface area contributed by atoms with Crippen LogP contribution in [0.3, 0.4) is 0 Å². The molecule has 1 atom stereocenters. The van der Waals surface area contributed by atoms with E-state index in [2.05, 4.69) is 21.2 Å². The zero-order valence-electron chi connectivity index (χ0n) is 16.9. The molecule has 31 heavy (non-hydrogen) atoms. The Morgan fingerprint density at radius 1 is 0.935 bits per heavy atom. The summed E-state index contributed by atoms with van der Waals surface area (Å²) in [5.74, 6) is -0.212. The molecule has 3 rings (SSSR count). The molecule has 0 saturated heterocycles. The zero-order valence-corrected chi connectivity index (χ0v) is 19.3. The summed E-state index contributed by atoms with van der Waals surface area (Å²) >= 11 is 3.38. The van der Waals surface area contributed by atoms with Gasteiger partial charge in [-0.25, -0.2) is 4.79 Å². The van der Waals surface area contributed by atoms with E-state index in [1.165, 1.54) is 0 Å². The standard InChI is InChI=1S/C24H22BrNO4.ClH/c1-2-30-24(29)18-5-11-20(12-6-18)26-22(16-7-13-21(27)14-8-16)15-23(28)17-3-9-19(25)10-4-17;/h3-14,22,26-27H,2,15H2,1H3;1H. The number of ether oxygens (including phenoxy) is 1. The highest BCUT2D eigenvalue weighted by molar-refractivity contribution is 9.10. The Kier molecular flexibility index (Phi) is 9.09. The summed E-state index contributed by atoms with van der Waals surface area (Å²) in [4.78, 5) is 24.7. The Morgan fingerprint density at radius 2 is 1.52 bits per heavy atom.